The van der Waals surface area contributed by atoms with Crippen molar-refractivity contribution in [2.24, 2.45) is 0 Å². The van der Waals surface area contributed by atoms with E-state index in [4.69, 9.17) is 8.79 Å². The molecule has 0 aromatic heterocycles. The molecule has 3 heteroatoms. The molecule has 0 saturated heterocycles. The summed E-state index contributed by atoms with van der Waals surface area (Å²) in [6.45, 7) is 4.36. The van der Waals surface area contributed by atoms with E-state index >= 15 is 0 Å². The van der Waals surface area contributed by atoms with Crippen molar-refractivity contribution in [1.29, 1.82) is 4.61 Å². The van der Waals surface area contributed by atoms with Crippen LogP contribution < -0.4 is 0 Å². The fraction of sp³-hybridized carbons (Fsp3) is 1.00. The van der Waals surface area contributed by atoms with Crippen molar-refractivity contribution < 1.29 is 4.18 Å². The van der Waals surface area contributed by atoms with Crippen LogP contribution in [0.3, 0.4) is 0 Å². The molecule has 0 heterocycles. The van der Waals surface area contributed by atoms with Gasteiger partial charge in [0.15, 0.2) is 0 Å². The molecule has 0 rings (SSSR count). The van der Waals surface area contributed by atoms with Crippen LogP contribution in [0.4, 0.5) is 0 Å². The first kappa shape index (κ1) is 7.02. The second-order valence-electron chi connectivity index (χ2n) is 1.02. The summed E-state index contributed by atoms with van der Waals surface area (Å²) in [7, 11) is -0.777. The summed E-state index contributed by atoms with van der Waals surface area (Å²) in [5, 5.41) is 0. The minimum Gasteiger partial charge on any atom is -0.460 e. The zero-order valence-corrected chi connectivity index (χ0v) is 5.49. The van der Waals surface area contributed by atoms with E-state index in [0.717, 1.165) is 0 Å². The molecular weight excluding hydrogens is 110 g/mol. The zero-order chi connectivity index (χ0) is 5.70. The molecule has 0 aliphatic heterocycles. The minimum atomic E-state index is -0.777. The lowest BCUT2D eigenvalue weighted by Crippen LogP contribution is -1.93. The zero-order valence-electron chi connectivity index (χ0n) is 4.68. The maximum atomic E-state index is 8.66. The molecule has 2 nitrogen and oxygen atoms in total. The van der Waals surface area contributed by atoms with E-state index in [1.54, 1.807) is 0 Å². The molecule has 0 aromatic carbocycles. The average Bonchev–Trinajstić information content (AvgIpc) is 1.68. The van der Waals surface area contributed by atoms with Crippen molar-refractivity contribution in [2.45, 2.75) is 13.8 Å². The molecule has 0 atom stereocenters. The Kier molecular flexibility index (Phi) is 4.20. The number of hydrogen-bond acceptors (Lipinski definition) is 3. The van der Waals surface area contributed by atoms with Gasteiger partial charge in [-0.3, -0.25) is 0 Å². The largest absolute Gasteiger partial charge is 0.460 e. The van der Waals surface area contributed by atoms with Crippen LogP contribution in [0.25, 0.3) is 0 Å². The van der Waals surface area contributed by atoms with E-state index in [0.29, 0.717) is 12.4 Å². The third kappa shape index (κ3) is 3.86. The second-order valence-corrected chi connectivity index (χ2v) is 2.47. The van der Waals surface area contributed by atoms with Crippen molar-refractivity contribution in [3.8, 4) is 0 Å². The van der Waals surface area contributed by atoms with Crippen LogP contribution in [0.15, 0.2) is 0 Å². The fourth-order valence-corrected chi connectivity index (χ4v) is 0.658. The Morgan fingerprint density at radius 2 is 2.14 bits per heavy atom. The lowest BCUT2D eigenvalue weighted by molar-refractivity contribution is 0.394. The second kappa shape index (κ2) is 4.19. The topological polar surface area (TPSA) is 33.0 Å². The van der Waals surface area contributed by atoms with Gasteiger partial charge in [-0.1, -0.05) is 12.7 Å². The monoisotopic (exact) mass is 120 g/mol. The molecule has 7 heavy (non-hydrogen) atoms. The molecule has 0 radical (unpaired) electrons. The summed E-state index contributed by atoms with van der Waals surface area (Å²) in [6, 6.07) is 0. The highest BCUT2D eigenvalue weighted by atomic mass is 32.2. The standard InChI is InChI=1S/C4H10NOS/c1-3-6-7(5)4-2/h3-4H2,1-2H3/q-1. The third-order valence-electron chi connectivity index (χ3n) is 0.501. The van der Waals surface area contributed by atoms with Crippen molar-refractivity contribution in [2.75, 3.05) is 12.4 Å². The molecule has 0 aliphatic carbocycles. The molecule has 0 fully saturated rings. The van der Waals surface area contributed by atoms with Crippen LogP contribution in [0.5, 0.6) is 0 Å². The maximum absolute atomic E-state index is 8.66. The summed E-state index contributed by atoms with van der Waals surface area (Å²) in [4.78, 5) is 0. The van der Waals surface area contributed by atoms with Gasteiger partial charge in [0.05, 0.1) is 0 Å². The summed E-state index contributed by atoms with van der Waals surface area (Å²) in [6.07, 6.45) is 0. The Morgan fingerprint density at radius 1 is 1.57 bits per heavy atom. The molecule has 44 valence electrons. The molecule has 0 spiro atoms. The predicted molar refractivity (Wildman–Crippen MR) is 31.3 cm³/mol. The van der Waals surface area contributed by atoms with Gasteiger partial charge in [0.1, 0.15) is 0 Å². The smallest absolute Gasteiger partial charge is 0.0212 e. The normalized spacial score (nSPS) is 10.0. The van der Waals surface area contributed by atoms with Crippen molar-refractivity contribution >= 4 is 10.8 Å². The van der Waals surface area contributed by atoms with E-state index in [9.17, 15) is 0 Å². The average molecular weight is 120 g/mol. The van der Waals surface area contributed by atoms with Crippen molar-refractivity contribution in [3.63, 3.8) is 0 Å². The molecule has 0 unspecified atom stereocenters. The molecule has 0 N–H and O–H groups in total. The lowest BCUT2D eigenvalue weighted by atomic mass is 10.9. The Balaban J connectivity index is 3.07. The first-order chi connectivity index (χ1) is 3.31. The molecule has 0 saturated carbocycles. The SMILES string of the molecule is CCO[S-](#N)CC. The van der Waals surface area contributed by atoms with Crippen LogP contribution in [0, 0.1) is 4.61 Å². The van der Waals surface area contributed by atoms with Gasteiger partial charge in [0.25, 0.3) is 0 Å². The van der Waals surface area contributed by atoms with Gasteiger partial charge >= 0.3 is 0 Å². The Labute approximate surface area is 46.6 Å². The van der Waals surface area contributed by atoms with Gasteiger partial charge in [-0.25, -0.2) is 0 Å². The Bertz CT molecular complexity index is 93.6. The van der Waals surface area contributed by atoms with Crippen LogP contribution in [0.1, 0.15) is 13.8 Å². The Hall–Kier alpha value is 0.0200. The van der Waals surface area contributed by atoms with E-state index in [1.807, 2.05) is 13.8 Å². The summed E-state index contributed by atoms with van der Waals surface area (Å²) in [5.74, 6) is 0.702. The summed E-state index contributed by atoms with van der Waals surface area (Å²) >= 11 is 0. The summed E-state index contributed by atoms with van der Waals surface area (Å²) in [5.41, 5.74) is 0. The van der Waals surface area contributed by atoms with E-state index in [1.165, 1.54) is 0 Å². The number of nitrogens with zero attached hydrogens (tertiary/aromatic N) is 1. The van der Waals surface area contributed by atoms with Gasteiger partial charge in [0.2, 0.25) is 0 Å². The first-order valence-electron chi connectivity index (χ1n) is 2.34. The van der Waals surface area contributed by atoms with Crippen LogP contribution in [-0.2, 0) is 15.0 Å². The third-order valence-corrected chi connectivity index (χ3v) is 1.50. The molecule has 0 amide bonds. The van der Waals surface area contributed by atoms with Crippen molar-refractivity contribution in [1.82, 2.24) is 0 Å². The molecule has 0 bridgehead atoms. The minimum absolute atomic E-state index is 0.605. The highest BCUT2D eigenvalue weighted by Gasteiger charge is 1.67. The van der Waals surface area contributed by atoms with Gasteiger partial charge < -0.3 is 8.79 Å². The van der Waals surface area contributed by atoms with E-state index < -0.39 is 10.8 Å². The first-order valence-corrected chi connectivity index (χ1v) is 3.62. The molecule has 0 aromatic rings. The quantitative estimate of drug-likeness (QED) is 0.485. The fourth-order valence-electron chi connectivity index (χ4n) is 0.219. The van der Waals surface area contributed by atoms with Crippen molar-refractivity contribution in [3.05, 3.63) is 0 Å². The van der Waals surface area contributed by atoms with Gasteiger partial charge in [0, 0.05) is 6.61 Å². The van der Waals surface area contributed by atoms with E-state index in [-0.39, 0.29) is 0 Å². The van der Waals surface area contributed by atoms with Gasteiger partial charge in [-0.05, 0) is 6.92 Å². The van der Waals surface area contributed by atoms with Crippen LogP contribution in [-0.4, -0.2) is 12.4 Å². The lowest BCUT2D eigenvalue weighted by Gasteiger charge is -2.08. The predicted octanol–water partition coefficient (Wildman–Crippen LogP) is 1.06. The highest BCUT2D eigenvalue weighted by molar-refractivity contribution is 7.78. The van der Waals surface area contributed by atoms with E-state index in [2.05, 4.69) is 0 Å². The summed E-state index contributed by atoms with van der Waals surface area (Å²) < 4.78 is 13.4. The number of rotatable bonds is 1. The van der Waals surface area contributed by atoms with Crippen LogP contribution in [0.2, 0.25) is 0 Å². The number of hydrogen-bond donors (Lipinski definition) is 0. The molecular formula is C4H10NOS-. The Morgan fingerprint density at radius 3 is 2.29 bits per heavy atom. The van der Waals surface area contributed by atoms with Gasteiger partial charge in [-0.2, -0.15) is 10.8 Å². The van der Waals surface area contributed by atoms with Crippen LogP contribution >= 0.6 is 0 Å². The maximum Gasteiger partial charge on any atom is 0.0212 e. The molecule has 0 aliphatic rings. The van der Waals surface area contributed by atoms with Gasteiger partial charge in [-0.15, -0.1) is 0 Å². The highest BCUT2D eigenvalue weighted by Crippen LogP contribution is 1.79.